The lowest BCUT2D eigenvalue weighted by molar-refractivity contribution is 0.0728. The van der Waals surface area contributed by atoms with Gasteiger partial charge in [-0.2, -0.15) is 0 Å². The lowest BCUT2D eigenvalue weighted by atomic mass is 9.79. The molecule has 0 spiro atoms. The lowest BCUT2D eigenvalue weighted by Gasteiger charge is -2.29. The third kappa shape index (κ3) is 5.03. The van der Waals surface area contributed by atoms with Crippen LogP contribution in [0.4, 0.5) is 0 Å². The Bertz CT molecular complexity index is 850. The Kier molecular flexibility index (Phi) is 6.51. The molecule has 0 bridgehead atoms. The van der Waals surface area contributed by atoms with Crippen LogP contribution in [0.25, 0.3) is 0 Å². The summed E-state index contributed by atoms with van der Waals surface area (Å²) in [5.41, 5.74) is 1.72. The highest BCUT2D eigenvalue weighted by Gasteiger charge is 2.30. The van der Waals surface area contributed by atoms with Crippen LogP contribution >= 0.6 is 0 Å². The molecule has 0 N–H and O–H groups in total. The van der Waals surface area contributed by atoms with Crippen LogP contribution in [-0.4, -0.2) is 27.3 Å². The van der Waals surface area contributed by atoms with Crippen molar-refractivity contribution in [3.63, 3.8) is 0 Å². The van der Waals surface area contributed by atoms with Gasteiger partial charge in [0.05, 0.1) is 26.9 Å². The van der Waals surface area contributed by atoms with E-state index in [2.05, 4.69) is 41.5 Å². The topological polar surface area (TPSA) is 54.0 Å². The fourth-order valence-electron chi connectivity index (χ4n) is 3.06. The molecule has 0 aromatic heterocycles. The number of rotatable bonds is 5. The molecule has 0 aliphatic carbocycles. The fraction of sp³-hybridized carbons (Fsp3) is 0.458. The highest BCUT2D eigenvalue weighted by molar-refractivity contribution is 5.92. The zero-order chi connectivity index (χ0) is 22.0. The maximum Gasteiger partial charge on any atom is 0.343 e. The summed E-state index contributed by atoms with van der Waals surface area (Å²) in [5, 5.41) is 0. The number of carbonyl (C=O) groups excluding carboxylic acids is 1. The second-order valence-electron chi connectivity index (χ2n) is 9.01. The molecule has 5 heteroatoms. The van der Waals surface area contributed by atoms with Gasteiger partial charge in [-0.25, -0.2) is 4.79 Å². The Morgan fingerprint density at radius 2 is 1.24 bits per heavy atom. The third-order valence-corrected chi connectivity index (χ3v) is 4.73. The van der Waals surface area contributed by atoms with E-state index in [1.165, 1.54) is 7.11 Å². The second kappa shape index (κ2) is 8.36. The zero-order valence-corrected chi connectivity index (χ0v) is 18.9. The molecule has 2 aromatic carbocycles. The zero-order valence-electron chi connectivity index (χ0n) is 18.9. The molecule has 0 heterocycles. The molecular formula is C24H32O5. The minimum absolute atomic E-state index is 0.248. The number of methoxy groups -OCH3 is 3. The normalized spacial score (nSPS) is 11.8. The van der Waals surface area contributed by atoms with Gasteiger partial charge in [-0.05, 0) is 41.2 Å². The summed E-state index contributed by atoms with van der Waals surface area (Å²) in [7, 11) is 4.73. The number of hydrogen-bond acceptors (Lipinski definition) is 5. The first-order chi connectivity index (χ1) is 13.4. The number of ether oxygens (including phenoxy) is 4. The molecule has 2 rings (SSSR count). The molecule has 0 aliphatic heterocycles. The minimum Gasteiger partial charge on any atom is -0.497 e. The predicted octanol–water partition coefficient (Wildman–Crippen LogP) is 5.53. The van der Waals surface area contributed by atoms with Gasteiger partial charge in [-0.3, -0.25) is 0 Å². The largest absolute Gasteiger partial charge is 0.497 e. The summed E-state index contributed by atoms with van der Waals surface area (Å²) in [6.07, 6.45) is 0. The van der Waals surface area contributed by atoms with E-state index in [9.17, 15) is 4.79 Å². The van der Waals surface area contributed by atoms with Crippen molar-refractivity contribution in [2.75, 3.05) is 21.3 Å². The van der Waals surface area contributed by atoms with E-state index in [4.69, 9.17) is 18.9 Å². The van der Waals surface area contributed by atoms with Gasteiger partial charge in [0, 0.05) is 11.1 Å². The molecular weight excluding hydrogens is 368 g/mol. The Labute approximate surface area is 173 Å². The molecule has 0 amide bonds. The van der Waals surface area contributed by atoms with Crippen LogP contribution < -0.4 is 18.9 Å². The van der Waals surface area contributed by atoms with Crippen LogP contribution in [0, 0.1) is 0 Å². The maximum absolute atomic E-state index is 13.0. The van der Waals surface area contributed by atoms with Gasteiger partial charge in [0.1, 0.15) is 11.5 Å². The second-order valence-corrected chi connectivity index (χ2v) is 9.01. The molecule has 5 nitrogen and oxygen atoms in total. The standard InChI is InChI=1S/C24H32O5/c1-23(2,3)17-13-16(26-7)14-18(24(4,5)6)21(17)29-22(25)15-10-11-19(27-8)20(12-15)28-9/h10-14H,1-9H3. The van der Waals surface area contributed by atoms with Gasteiger partial charge in [0.2, 0.25) is 0 Å². The number of carbonyl (C=O) groups is 1. The van der Waals surface area contributed by atoms with Gasteiger partial charge in [0.25, 0.3) is 0 Å². The van der Waals surface area contributed by atoms with Gasteiger partial charge in [-0.15, -0.1) is 0 Å². The van der Waals surface area contributed by atoms with Crippen LogP contribution in [-0.2, 0) is 10.8 Å². The van der Waals surface area contributed by atoms with Crippen LogP contribution in [0.2, 0.25) is 0 Å². The maximum atomic E-state index is 13.0. The summed E-state index contributed by atoms with van der Waals surface area (Å²) < 4.78 is 22.1. The molecule has 158 valence electrons. The molecule has 0 saturated heterocycles. The monoisotopic (exact) mass is 400 g/mol. The van der Waals surface area contributed by atoms with Crippen molar-refractivity contribution in [1.82, 2.24) is 0 Å². The summed E-state index contributed by atoms with van der Waals surface area (Å²) in [4.78, 5) is 13.0. The number of esters is 1. The van der Waals surface area contributed by atoms with E-state index >= 15 is 0 Å². The Hall–Kier alpha value is -2.69. The molecule has 29 heavy (non-hydrogen) atoms. The van der Waals surface area contributed by atoms with Gasteiger partial charge in [-0.1, -0.05) is 41.5 Å². The lowest BCUT2D eigenvalue weighted by Crippen LogP contribution is -2.22. The summed E-state index contributed by atoms with van der Waals surface area (Å²) in [6, 6.07) is 8.86. The van der Waals surface area contributed by atoms with Crippen LogP contribution in [0.3, 0.4) is 0 Å². The van der Waals surface area contributed by atoms with E-state index in [1.807, 2.05) is 12.1 Å². The van der Waals surface area contributed by atoms with E-state index in [0.717, 1.165) is 16.9 Å². The molecule has 0 saturated carbocycles. The Morgan fingerprint density at radius 3 is 1.66 bits per heavy atom. The van der Waals surface area contributed by atoms with Crippen molar-refractivity contribution in [2.24, 2.45) is 0 Å². The van der Waals surface area contributed by atoms with Gasteiger partial charge < -0.3 is 18.9 Å². The highest BCUT2D eigenvalue weighted by atomic mass is 16.5. The highest BCUT2D eigenvalue weighted by Crippen LogP contribution is 2.43. The average molecular weight is 401 g/mol. The van der Waals surface area contributed by atoms with Crippen molar-refractivity contribution in [2.45, 2.75) is 52.4 Å². The molecule has 0 radical (unpaired) electrons. The first kappa shape index (κ1) is 22.6. The van der Waals surface area contributed by atoms with Gasteiger partial charge >= 0.3 is 5.97 Å². The predicted molar refractivity (Wildman–Crippen MR) is 115 cm³/mol. The first-order valence-electron chi connectivity index (χ1n) is 9.59. The van der Waals surface area contributed by atoms with E-state index in [1.54, 1.807) is 32.4 Å². The number of benzene rings is 2. The summed E-state index contributed by atoms with van der Waals surface area (Å²) in [5.74, 6) is 1.89. The molecule has 2 aromatic rings. The SMILES string of the molecule is COc1cc(C(C)(C)C)c(OC(=O)c2ccc(OC)c(OC)c2)c(C(C)(C)C)c1. The third-order valence-electron chi connectivity index (χ3n) is 4.73. The molecule has 0 fully saturated rings. The average Bonchev–Trinajstić information content (AvgIpc) is 2.65. The van der Waals surface area contributed by atoms with E-state index in [0.29, 0.717) is 22.8 Å². The molecule has 0 atom stereocenters. The van der Waals surface area contributed by atoms with Crippen LogP contribution in [0.5, 0.6) is 23.0 Å². The summed E-state index contributed by atoms with van der Waals surface area (Å²) >= 11 is 0. The number of hydrogen-bond donors (Lipinski definition) is 0. The van der Waals surface area contributed by atoms with Crippen molar-refractivity contribution < 1.29 is 23.7 Å². The Morgan fingerprint density at radius 1 is 0.724 bits per heavy atom. The van der Waals surface area contributed by atoms with Crippen LogP contribution in [0.15, 0.2) is 30.3 Å². The van der Waals surface area contributed by atoms with Gasteiger partial charge in [0.15, 0.2) is 11.5 Å². The molecule has 0 aliphatic rings. The van der Waals surface area contributed by atoms with Crippen LogP contribution in [0.1, 0.15) is 63.0 Å². The first-order valence-corrected chi connectivity index (χ1v) is 9.59. The fourth-order valence-corrected chi connectivity index (χ4v) is 3.06. The smallest absolute Gasteiger partial charge is 0.343 e. The summed E-state index contributed by atoms with van der Waals surface area (Å²) in [6.45, 7) is 12.5. The Balaban J connectivity index is 2.60. The minimum atomic E-state index is -0.452. The van der Waals surface area contributed by atoms with Crippen molar-refractivity contribution >= 4 is 5.97 Å². The van der Waals surface area contributed by atoms with E-state index < -0.39 is 5.97 Å². The van der Waals surface area contributed by atoms with E-state index in [-0.39, 0.29) is 10.8 Å². The van der Waals surface area contributed by atoms with Crippen molar-refractivity contribution in [3.8, 4) is 23.0 Å². The molecule has 0 unspecified atom stereocenters. The quantitative estimate of drug-likeness (QED) is 0.488. The van der Waals surface area contributed by atoms with Crippen molar-refractivity contribution in [3.05, 3.63) is 47.0 Å². The van der Waals surface area contributed by atoms with Crippen molar-refractivity contribution in [1.29, 1.82) is 0 Å².